The molecule has 0 radical (unpaired) electrons. The highest BCUT2D eigenvalue weighted by molar-refractivity contribution is 6.30. The van der Waals surface area contributed by atoms with Crippen molar-refractivity contribution in [2.24, 2.45) is 0 Å². The number of amides is 3. The number of nitrogens with zero attached hydrogens (tertiary/aromatic N) is 2. The Bertz CT molecular complexity index is 628. The van der Waals surface area contributed by atoms with Crippen molar-refractivity contribution >= 4 is 29.2 Å². The summed E-state index contributed by atoms with van der Waals surface area (Å²) in [6, 6.07) is 5.10. The van der Waals surface area contributed by atoms with Crippen LogP contribution >= 0.6 is 11.6 Å². The van der Waals surface area contributed by atoms with Gasteiger partial charge in [-0.1, -0.05) is 17.7 Å². The summed E-state index contributed by atoms with van der Waals surface area (Å²) in [5, 5.41) is 5.80. The molecule has 0 aliphatic carbocycles. The Morgan fingerprint density at radius 2 is 1.76 bits per heavy atom. The number of urea groups is 1. The van der Waals surface area contributed by atoms with Gasteiger partial charge in [0.1, 0.15) is 0 Å². The molecule has 0 saturated carbocycles. The molecule has 1 heterocycles. The van der Waals surface area contributed by atoms with Crippen LogP contribution in [0.2, 0.25) is 5.02 Å². The quantitative estimate of drug-likeness (QED) is 0.858. The van der Waals surface area contributed by atoms with Crippen LogP contribution in [0.25, 0.3) is 0 Å². The first kappa shape index (κ1) is 19.5. The third-order valence-corrected chi connectivity index (χ3v) is 4.64. The minimum absolute atomic E-state index is 0.00686. The van der Waals surface area contributed by atoms with Gasteiger partial charge in [-0.25, -0.2) is 4.79 Å². The number of halogens is 1. The van der Waals surface area contributed by atoms with Gasteiger partial charge >= 0.3 is 6.03 Å². The topological polar surface area (TPSA) is 64.7 Å². The predicted molar refractivity (Wildman–Crippen MR) is 101 cm³/mol. The number of carbonyl (C=O) groups excluding carboxylic acids is 2. The van der Waals surface area contributed by atoms with E-state index in [1.165, 1.54) is 5.56 Å². The highest BCUT2D eigenvalue weighted by atomic mass is 35.5. The summed E-state index contributed by atoms with van der Waals surface area (Å²) in [5.74, 6) is -0.273. The molecule has 2 N–H and O–H groups in total. The summed E-state index contributed by atoms with van der Waals surface area (Å²) in [6.07, 6.45) is 0. The SMILES string of the molecule is Cc1ccc(Cl)cc1N1CCN([C@@H](C)C(=O)NC(=O)NC(C)C)CC1. The van der Waals surface area contributed by atoms with E-state index < -0.39 is 6.03 Å². The van der Waals surface area contributed by atoms with Crippen LogP contribution < -0.4 is 15.5 Å². The minimum atomic E-state index is -0.444. The van der Waals surface area contributed by atoms with Crippen molar-refractivity contribution in [1.82, 2.24) is 15.5 Å². The van der Waals surface area contributed by atoms with E-state index in [1.54, 1.807) is 0 Å². The Balaban J connectivity index is 1.89. The maximum atomic E-state index is 12.2. The molecule has 0 aromatic heterocycles. The van der Waals surface area contributed by atoms with E-state index in [2.05, 4.69) is 27.4 Å². The lowest BCUT2D eigenvalue weighted by Gasteiger charge is -2.39. The zero-order valence-corrected chi connectivity index (χ0v) is 16.1. The third-order valence-electron chi connectivity index (χ3n) is 4.41. The fourth-order valence-electron chi connectivity index (χ4n) is 2.95. The van der Waals surface area contributed by atoms with Crippen molar-refractivity contribution in [3.05, 3.63) is 28.8 Å². The first-order valence-electron chi connectivity index (χ1n) is 8.64. The number of piperazine rings is 1. The smallest absolute Gasteiger partial charge is 0.321 e. The maximum absolute atomic E-state index is 12.2. The summed E-state index contributed by atoms with van der Waals surface area (Å²) >= 11 is 6.11. The van der Waals surface area contributed by atoms with E-state index in [1.807, 2.05) is 39.0 Å². The number of hydrogen-bond acceptors (Lipinski definition) is 4. The van der Waals surface area contributed by atoms with E-state index in [9.17, 15) is 9.59 Å². The van der Waals surface area contributed by atoms with E-state index in [0.717, 1.165) is 36.9 Å². The standard InChI is InChI=1S/C18H27ClN4O2/c1-12(2)20-18(25)21-17(24)14(4)22-7-9-23(10-8-22)16-11-15(19)6-5-13(16)3/h5-6,11-12,14H,7-10H2,1-4H3,(H2,20,21,24,25)/t14-/m0/s1. The van der Waals surface area contributed by atoms with Crippen LogP contribution in [0.1, 0.15) is 26.3 Å². The molecule has 138 valence electrons. The van der Waals surface area contributed by atoms with E-state index in [-0.39, 0.29) is 18.0 Å². The Kier molecular flexibility index (Phi) is 6.67. The fourth-order valence-corrected chi connectivity index (χ4v) is 3.12. The van der Waals surface area contributed by atoms with Crippen LogP contribution in [0.5, 0.6) is 0 Å². The van der Waals surface area contributed by atoms with Crippen LogP contribution in [0.15, 0.2) is 18.2 Å². The lowest BCUT2D eigenvalue weighted by atomic mass is 10.1. The van der Waals surface area contributed by atoms with Crippen molar-refractivity contribution in [3.63, 3.8) is 0 Å². The van der Waals surface area contributed by atoms with Gasteiger partial charge in [-0.2, -0.15) is 0 Å². The summed E-state index contributed by atoms with van der Waals surface area (Å²) < 4.78 is 0. The molecule has 2 rings (SSSR count). The van der Waals surface area contributed by atoms with E-state index in [0.29, 0.717) is 0 Å². The molecular formula is C18H27ClN4O2. The Labute approximate surface area is 154 Å². The number of hydrogen-bond donors (Lipinski definition) is 2. The van der Waals surface area contributed by atoms with Gasteiger partial charge in [0.25, 0.3) is 0 Å². The predicted octanol–water partition coefficient (Wildman–Crippen LogP) is 2.39. The zero-order valence-electron chi connectivity index (χ0n) is 15.3. The fraction of sp³-hybridized carbons (Fsp3) is 0.556. The monoisotopic (exact) mass is 366 g/mol. The Morgan fingerprint density at radius 3 is 2.36 bits per heavy atom. The maximum Gasteiger partial charge on any atom is 0.321 e. The Hall–Kier alpha value is -1.79. The first-order valence-corrected chi connectivity index (χ1v) is 9.02. The largest absolute Gasteiger partial charge is 0.369 e. The van der Waals surface area contributed by atoms with Crippen LogP contribution in [0.3, 0.4) is 0 Å². The molecule has 3 amide bonds. The molecule has 6 nitrogen and oxygen atoms in total. The molecule has 0 unspecified atom stereocenters. The molecular weight excluding hydrogens is 340 g/mol. The second kappa shape index (κ2) is 8.54. The average molecular weight is 367 g/mol. The second-order valence-electron chi connectivity index (χ2n) is 6.75. The number of imide groups is 1. The lowest BCUT2D eigenvalue weighted by Crippen LogP contribution is -2.56. The van der Waals surface area contributed by atoms with Crippen molar-refractivity contribution in [2.45, 2.75) is 39.8 Å². The number of anilines is 1. The molecule has 25 heavy (non-hydrogen) atoms. The van der Waals surface area contributed by atoms with Gasteiger partial charge < -0.3 is 10.2 Å². The van der Waals surface area contributed by atoms with Gasteiger partial charge in [0, 0.05) is 42.9 Å². The molecule has 1 aliphatic heterocycles. The zero-order chi connectivity index (χ0) is 18.6. The van der Waals surface area contributed by atoms with E-state index in [4.69, 9.17) is 11.6 Å². The second-order valence-corrected chi connectivity index (χ2v) is 7.18. The molecule has 1 fully saturated rings. The number of rotatable bonds is 4. The van der Waals surface area contributed by atoms with Crippen molar-refractivity contribution in [1.29, 1.82) is 0 Å². The van der Waals surface area contributed by atoms with Crippen LogP contribution in [0.4, 0.5) is 10.5 Å². The summed E-state index contributed by atoms with van der Waals surface area (Å²) in [7, 11) is 0. The molecule has 1 atom stereocenters. The lowest BCUT2D eigenvalue weighted by molar-refractivity contribution is -0.124. The summed E-state index contributed by atoms with van der Waals surface area (Å²) in [5.41, 5.74) is 2.33. The van der Waals surface area contributed by atoms with Crippen molar-refractivity contribution in [2.75, 3.05) is 31.1 Å². The molecule has 0 bridgehead atoms. The number of carbonyl (C=O) groups is 2. The van der Waals surface area contributed by atoms with Crippen molar-refractivity contribution < 1.29 is 9.59 Å². The van der Waals surface area contributed by atoms with Gasteiger partial charge in [-0.05, 0) is 45.4 Å². The van der Waals surface area contributed by atoms with Gasteiger partial charge in [-0.15, -0.1) is 0 Å². The average Bonchev–Trinajstić information content (AvgIpc) is 2.55. The molecule has 1 saturated heterocycles. The number of benzene rings is 1. The minimum Gasteiger partial charge on any atom is -0.369 e. The highest BCUT2D eigenvalue weighted by Crippen LogP contribution is 2.25. The van der Waals surface area contributed by atoms with Gasteiger partial charge in [0.2, 0.25) is 5.91 Å². The molecule has 0 spiro atoms. The Morgan fingerprint density at radius 1 is 1.12 bits per heavy atom. The molecule has 7 heteroatoms. The van der Waals surface area contributed by atoms with Crippen LogP contribution in [-0.2, 0) is 4.79 Å². The van der Waals surface area contributed by atoms with Crippen LogP contribution in [0, 0.1) is 6.92 Å². The van der Waals surface area contributed by atoms with Gasteiger partial charge in [-0.3, -0.25) is 15.0 Å². The molecule has 1 aliphatic rings. The summed E-state index contributed by atoms with van der Waals surface area (Å²) in [6.45, 7) is 10.8. The van der Waals surface area contributed by atoms with Crippen LogP contribution in [-0.4, -0.2) is 55.1 Å². The van der Waals surface area contributed by atoms with Gasteiger partial charge in [0.15, 0.2) is 0 Å². The summed E-state index contributed by atoms with van der Waals surface area (Å²) in [4.78, 5) is 28.3. The first-order chi connectivity index (χ1) is 11.8. The highest BCUT2D eigenvalue weighted by Gasteiger charge is 2.27. The molecule has 1 aromatic rings. The normalized spacial score (nSPS) is 16.6. The van der Waals surface area contributed by atoms with Gasteiger partial charge in [0.05, 0.1) is 6.04 Å². The number of aryl methyl sites for hydroxylation is 1. The number of nitrogens with one attached hydrogen (secondary N) is 2. The van der Waals surface area contributed by atoms with Crippen molar-refractivity contribution in [3.8, 4) is 0 Å². The third kappa shape index (κ3) is 5.34. The van der Waals surface area contributed by atoms with E-state index >= 15 is 0 Å². The molecule has 1 aromatic carbocycles.